The van der Waals surface area contributed by atoms with Crippen LogP contribution in [0.5, 0.6) is 0 Å². The quantitative estimate of drug-likeness (QED) is 0.247. The normalized spacial score (nSPS) is 29.4. The Balaban J connectivity index is 1.08. The Bertz CT molecular complexity index is 998. The molecule has 0 bridgehead atoms. The van der Waals surface area contributed by atoms with Gasteiger partial charge in [0.15, 0.2) is 0 Å². The molecule has 2 aromatic rings. The van der Waals surface area contributed by atoms with E-state index in [-0.39, 0.29) is 5.82 Å². The number of benzene rings is 2. The van der Waals surface area contributed by atoms with Gasteiger partial charge in [-0.1, -0.05) is 95.2 Å². The van der Waals surface area contributed by atoms with Crippen molar-refractivity contribution in [3.8, 4) is 0 Å². The largest absolute Gasteiger partial charge is 0.207 e. The van der Waals surface area contributed by atoms with Crippen molar-refractivity contribution in [2.24, 2.45) is 11.8 Å². The Morgan fingerprint density at radius 3 is 1.43 bits per heavy atom. The second-order valence-corrected chi connectivity index (χ2v) is 14.1. The SMILES string of the molecule is CCCCCC1CCC(c2ccc(C3CCC(c4ccc(C5CCC(CCCC)CC5)c(F)c4)CC3)cc2)CC1. The van der Waals surface area contributed by atoms with E-state index in [1.54, 1.807) is 5.56 Å². The van der Waals surface area contributed by atoms with Crippen molar-refractivity contribution in [1.29, 1.82) is 0 Å². The lowest BCUT2D eigenvalue weighted by Gasteiger charge is -2.31. The zero-order valence-electron chi connectivity index (χ0n) is 25.8. The smallest absolute Gasteiger partial charge is 0.126 e. The van der Waals surface area contributed by atoms with E-state index in [1.165, 1.54) is 133 Å². The minimum atomic E-state index is 0.0715. The summed E-state index contributed by atoms with van der Waals surface area (Å²) >= 11 is 0. The molecule has 3 saturated carbocycles. The number of hydrogen-bond donors (Lipinski definition) is 0. The maximum absolute atomic E-state index is 15.3. The molecule has 0 heterocycles. The van der Waals surface area contributed by atoms with Crippen molar-refractivity contribution in [3.63, 3.8) is 0 Å². The van der Waals surface area contributed by atoms with E-state index in [0.717, 1.165) is 23.3 Å². The van der Waals surface area contributed by atoms with E-state index in [1.807, 2.05) is 6.07 Å². The van der Waals surface area contributed by atoms with Crippen LogP contribution in [-0.4, -0.2) is 0 Å². The maximum Gasteiger partial charge on any atom is 0.126 e. The van der Waals surface area contributed by atoms with Crippen molar-refractivity contribution in [3.05, 3.63) is 70.5 Å². The maximum atomic E-state index is 15.3. The molecule has 40 heavy (non-hydrogen) atoms. The molecule has 0 aliphatic heterocycles. The summed E-state index contributed by atoms with van der Waals surface area (Å²) in [5.41, 5.74) is 5.36. The van der Waals surface area contributed by atoms with E-state index < -0.39 is 0 Å². The minimum absolute atomic E-state index is 0.0715. The number of hydrogen-bond acceptors (Lipinski definition) is 0. The molecule has 0 aromatic heterocycles. The first-order chi connectivity index (χ1) is 19.6. The van der Waals surface area contributed by atoms with Crippen LogP contribution in [0.15, 0.2) is 42.5 Å². The summed E-state index contributed by atoms with van der Waals surface area (Å²) in [6.45, 7) is 4.60. The monoisotopic (exact) mass is 544 g/mol. The van der Waals surface area contributed by atoms with Gasteiger partial charge in [0.2, 0.25) is 0 Å². The van der Waals surface area contributed by atoms with Gasteiger partial charge in [-0.25, -0.2) is 4.39 Å². The third-order valence-electron chi connectivity index (χ3n) is 11.4. The molecule has 0 unspecified atom stereocenters. The van der Waals surface area contributed by atoms with Crippen molar-refractivity contribution in [2.75, 3.05) is 0 Å². The Kier molecular flexibility index (Phi) is 11.2. The first kappa shape index (κ1) is 29.8. The first-order valence-corrected chi connectivity index (χ1v) is 17.5. The molecule has 0 spiro atoms. The highest BCUT2D eigenvalue weighted by Gasteiger charge is 2.28. The molecule has 1 heteroatoms. The van der Waals surface area contributed by atoms with E-state index in [2.05, 4.69) is 50.2 Å². The molecule has 3 aliphatic carbocycles. The molecule has 0 saturated heterocycles. The molecule has 2 aromatic carbocycles. The van der Waals surface area contributed by atoms with Crippen molar-refractivity contribution in [2.45, 2.75) is 160 Å². The summed E-state index contributed by atoms with van der Waals surface area (Å²) in [7, 11) is 0. The Labute approximate surface area is 245 Å². The van der Waals surface area contributed by atoms with Gasteiger partial charge in [-0.3, -0.25) is 0 Å². The van der Waals surface area contributed by atoms with Crippen LogP contribution in [0.4, 0.5) is 4.39 Å². The predicted octanol–water partition coefficient (Wildman–Crippen LogP) is 12.6. The fraction of sp³-hybridized carbons (Fsp3) is 0.692. The zero-order chi connectivity index (χ0) is 27.7. The molecular weight excluding hydrogens is 487 g/mol. The highest BCUT2D eigenvalue weighted by molar-refractivity contribution is 5.32. The van der Waals surface area contributed by atoms with Crippen LogP contribution in [0, 0.1) is 17.7 Å². The Morgan fingerprint density at radius 1 is 0.500 bits per heavy atom. The molecule has 3 fully saturated rings. The van der Waals surface area contributed by atoms with Crippen LogP contribution < -0.4 is 0 Å². The highest BCUT2D eigenvalue weighted by atomic mass is 19.1. The number of rotatable bonds is 11. The average molecular weight is 545 g/mol. The van der Waals surface area contributed by atoms with Gasteiger partial charge in [0.1, 0.15) is 5.82 Å². The number of halogens is 1. The van der Waals surface area contributed by atoms with Crippen molar-refractivity contribution < 1.29 is 4.39 Å². The minimum Gasteiger partial charge on any atom is -0.207 e. The van der Waals surface area contributed by atoms with Crippen LogP contribution in [-0.2, 0) is 0 Å². The standard InChI is InChI=1S/C39H57F/c1-3-5-7-9-30-10-14-31(15-11-30)32-18-20-33(21-19-32)34-22-24-35(25-23-34)37-26-27-38(39(40)28-37)36-16-12-29(13-17-36)8-6-4-2/h18-21,26-31,34-36H,3-17,22-25H2,1-2H3. The Hall–Kier alpha value is -1.63. The first-order valence-electron chi connectivity index (χ1n) is 17.5. The summed E-state index contributed by atoms with van der Waals surface area (Å²) in [6.07, 6.45) is 25.1. The summed E-state index contributed by atoms with van der Waals surface area (Å²) < 4.78 is 15.3. The van der Waals surface area contributed by atoms with Crippen molar-refractivity contribution in [1.82, 2.24) is 0 Å². The van der Waals surface area contributed by atoms with Gasteiger partial charge >= 0.3 is 0 Å². The second-order valence-electron chi connectivity index (χ2n) is 14.1. The van der Waals surface area contributed by atoms with Crippen LogP contribution in [0.2, 0.25) is 0 Å². The predicted molar refractivity (Wildman–Crippen MR) is 170 cm³/mol. The van der Waals surface area contributed by atoms with Gasteiger partial charge in [0, 0.05) is 0 Å². The van der Waals surface area contributed by atoms with Gasteiger partial charge in [-0.05, 0) is 141 Å². The fourth-order valence-electron chi connectivity index (χ4n) is 8.65. The molecule has 0 atom stereocenters. The van der Waals surface area contributed by atoms with E-state index in [0.29, 0.717) is 17.8 Å². The van der Waals surface area contributed by atoms with Gasteiger partial charge < -0.3 is 0 Å². The Morgan fingerprint density at radius 2 is 0.925 bits per heavy atom. The van der Waals surface area contributed by atoms with Crippen LogP contribution in [0.3, 0.4) is 0 Å². The molecular formula is C39H57F. The topological polar surface area (TPSA) is 0 Å². The molecule has 0 N–H and O–H groups in total. The lowest BCUT2D eigenvalue weighted by Crippen LogP contribution is -2.15. The molecule has 0 nitrogen and oxygen atoms in total. The van der Waals surface area contributed by atoms with E-state index >= 15 is 4.39 Å². The molecule has 5 rings (SSSR count). The van der Waals surface area contributed by atoms with Gasteiger partial charge in [0.05, 0.1) is 0 Å². The molecule has 220 valence electrons. The summed E-state index contributed by atoms with van der Waals surface area (Å²) in [5.74, 6) is 4.35. The average Bonchev–Trinajstić information content (AvgIpc) is 3.01. The summed E-state index contributed by atoms with van der Waals surface area (Å²) in [5, 5.41) is 0. The van der Waals surface area contributed by atoms with Gasteiger partial charge in [-0.2, -0.15) is 0 Å². The summed E-state index contributed by atoms with van der Waals surface area (Å²) in [6, 6.07) is 16.1. The van der Waals surface area contributed by atoms with Crippen LogP contribution >= 0.6 is 0 Å². The van der Waals surface area contributed by atoms with Crippen LogP contribution in [0.1, 0.15) is 182 Å². The van der Waals surface area contributed by atoms with E-state index in [9.17, 15) is 0 Å². The third-order valence-corrected chi connectivity index (χ3v) is 11.4. The lowest BCUT2D eigenvalue weighted by atomic mass is 9.74. The van der Waals surface area contributed by atoms with Gasteiger partial charge in [-0.15, -0.1) is 0 Å². The number of unbranched alkanes of at least 4 members (excludes halogenated alkanes) is 3. The van der Waals surface area contributed by atoms with E-state index in [4.69, 9.17) is 0 Å². The van der Waals surface area contributed by atoms with Crippen molar-refractivity contribution >= 4 is 0 Å². The molecule has 0 amide bonds. The highest BCUT2D eigenvalue weighted by Crippen LogP contribution is 2.44. The summed E-state index contributed by atoms with van der Waals surface area (Å²) in [4.78, 5) is 0. The molecule has 0 radical (unpaired) electrons. The zero-order valence-corrected chi connectivity index (χ0v) is 25.8. The fourth-order valence-corrected chi connectivity index (χ4v) is 8.65. The molecule has 3 aliphatic rings. The van der Waals surface area contributed by atoms with Gasteiger partial charge in [0.25, 0.3) is 0 Å². The lowest BCUT2D eigenvalue weighted by molar-refractivity contribution is 0.300. The van der Waals surface area contributed by atoms with Crippen LogP contribution in [0.25, 0.3) is 0 Å². The second kappa shape index (κ2) is 15.0. The third kappa shape index (κ3) is 7.80.